The predicted molar refractivity (Wildman–Crippen MR) is 162 cm³/mol. The van der Waals surface area contributed by atoms with Crippen molar-refractivity contribution in [1.82, 2.24) is 0 Å². The lowest BCUT2D eigenvalue weighted by Crippen LogP contribution is -2.69. The molecule has 232 valence electrons. The average Bonchev–Trinajstić information content (AvgIpc) is 2.93. The van der Waals surface area contributed by atoms with E-state index in [-0.39, 0.29) is 42.1 Å². The van der Waals surface area contributed by atoms with Crippen LogP contribution in [-0.4, -0.2) is 56.5 Å². The zero-order valence-electron chi connectivity index (χ0n) is 25.8. The molecule has 0 heterocycles. The second kappa shape index (κ2) is 10.4. The van der Waals surface area contributed by atoms with Crippen LogP contribution >= 0.6 is 0 Å². The Balaban J connectivity index is 1.73. The van der Waals surface area contributed by atoms with Crippen molar-refractivity contribution in [2.45, 2.75) is 65.9 Å². The Morgan fingerprint density at radius 2 is 1.75 bits per heavy atom. The van der Waals surface area contributed by atoms with Crippen LogP contribution in [0.4, 0.5) is 0 Å². The lowest BCUT2D eigenvalue weighted by atomic mass is 9.43. The van der Waals surface area contributed by atoms with Crippen LogP contribution in [0.5, 0.6) is 5.75 Å². The van der Waals surface area contributed by atoms with E-state index >= 15 is 0 Å². The second-order valence-electron chi connectivity index (χ2n) is 13.2. The van der Waals surface area contributed by atoms with E-state index in [1.807, 2.05) is 24.3 Å². The van der Waals surface area contributed by atoms with Gasteiger partial charge in [-0.05, 0) is 60.4 Å². The third-order valence-corrected chi connectivity index (χ3v) is 9.97. The summed E-state index contributed by atoms with van der Waals surface area (Å²) in [5, 5.41) is 46.2. The van der Waals surface area contributed by atoms with Gasteiger partial charge in [0.15, 0.2) is 17.2 Å². The van der Waals surface area contributed by atoms with Crippen molar-refractivity contribution < 1.29 is 44.3 Å². The number of aliphatic hydroxyl groups is 3. The fraction of sp³-hybridized carbons (Fsp3) is 0.429. The van der Waals surface area contributed by atoms with Crippen LogP contribution in [0.15, 0.2) is 53.3 Å². The molecule has 0 aliphatic heterocycles. The molecule has 3 aliphatic rings. The Morgan fingerprint density at radius 3 is 2.36 bits per heavy atom. The second-order valence-corrected chi connectivity index (χ2v) is 13.2. The topological polar surface area (TPSA) is 158 Å². The quantitative estimate of drug-likeness (QED) is 0.265. The fourth-order valence-corrected chi connectivity index (χ4v) is 8.23. The lowest BCUT2D eigenvalue weighted by Gasteiger charge is -2.59. The minimum absolute atomic E-state index is 0.0131. The van der Waals surface area contributed by atoms with Crippen LogP contribution in [0.2, 0.25) is 0 Å². The molecular weight excluding hydrogens is 564 g/mol. The molecule has 0 amide bonds. The van der Waals surface area contributed by atoms with E-state index in [4.69, 9.17) is 4.74 Å². The number of fused-ring (bicyclic) bond motifs is 3. The maximum atomic E-state index is 14.5. The smallest absolute Gasteiger partial charge is 0.305 e. The minimum atomic E-state index is -2.65. The van der Waals surface area contributed by atoms with E-state index in [9.17, 15) is 39.6 Å². The van der Waals surface area contributed by atoms with Gasteiger partial charge in [-0.2, -0.15) is 0 Å². The first-order valence-corrected chi connectivity index (χ1v) is 14.7. The molecule has 0 radical (unpaired) electrons. The number of allylic oxidation sites excluding steroid dienone is 1. The molecule has 44 heavy (non-hydrogen) atoms. The highest BCUT2D eigenvalue weighted by Crippen LogP contribution is 2.65. The normalized spacial score (nSPS) is 28.0. The largest absolute Gasteiger partial charge is 0.508 e. The Bertz CT molecular complexity index is 1700. The van der Waals surface area contributed by atoms with Crippen molar-refractivity contribution in [3.63, 3.8) is 0 Å². The molecule has 0 aromatic heterocycles. The fourth-order valence-electron chi connectivity index (χ4n) is 8.23. The molecule has 2 aromatic rings. The minimum Gasteiger partial charge on any atom is -0.508 e. The lowest BCUT2D eigenvalue weighted by molar-refractivity contribution is -0.178. The summed E-state index contributed by atoms with van der Waals surface area (Å²) in [6.07, 6.45) is 0.825. The number of carbonyl (C=O) groups is 4. The van der Waals surface area contributed by atoms with E-state index in [2.05, 4.69) is 0 Å². The zero-order chi connectivity index (χ0) is 32.5. The van der Waals surface area contributed by atoms with Crippen LogP contribution in [0.25, 0.3) is 16.9 Å². The number of ether oxygens (including phenoxy) is 1. The summed E-state index contributed by atoms with van der Waals surface area (Å²) in [5.41, 5.74) is -3.11. The summed E-state index contributed by atoms with van der Waals surface area (Å²) in [6.45, 7) is 7.99. The molecule has 2 aromatic carbocycles. The van der Waals surface area contributed by atoms with Gasteiger partial charge in [0.05, 0.1) is 12.7 Å². The molecule has 0 bridgehead atoms. The van der Waals surface area contributed by atoms with Crippen molar-refractivity contribution in [3.05, 3.63) is 70.0 Å². The number of benzene rings is 2. The van der Waals surface area contributed by atoms with Crippen molar-refractivity contribution in [2.75, 3.05) is 7.11 Å². The Labute approximate surface area is 255 Å². The number of aryl methyl sites for hydroxylation is 1. The number of phenolic OH excluding ortho intramolecular Hbond substituents is 1. The Morgan fingerprint density at radius 1 is 1.07 bits per heavy atom. The Kier molecular flexibility index (Phi) is 7.40. The van der Waals surface area contributed by atoms with Gasteiger partial charge in [0.25, 0.3) is 0 Å². The summed E-state index contributed by atoms with van der Waals surface area (Å²) in [4.78, 5) is 52.4. The number of methoxy groups -OCH3 is 1. The molecule has 1 saturated carbocycles. The van der Waals surface area contributed by atoms with Crippen molar-refractivity contribution >= 4 is 29.1 Å². The molecule has 9 heteroatoms. The van der Waals surface area contributed by atoms with Gasteiger partial charge in [0, 0.05) is 28.7 Å². The standard InChI is InChI=1S/C35H38O9/c1-17(2)27-29(39)25(18(3)36)31(41)35(43)32(42)28-30(40)26-22(15-33(28,4)16-34(27,35)5)21(11-12-23(26)37)20-9-7-8-19(14-20)10-13-24(38)44-6/h7-9,11-12,14,17,27,37,40-41,43H,10,13,15-16H2,1-6H3/t27?,33-,34-,35+/m1/s1. The van der Waals surface area contributed by atoms with E-state index in [0.29, 0.717) is 17.5 Å². The Hall–Kier alpha value is -4.24. The summed E-state index contributed by atoms with van der Waals surface area (Å²) in [5.74, 6) is -5.89. The molecule has 4 N–H and O–H groups in total. The molecule has 3 aliphatic carbocycles. The van der Waals surface area contributed by atoms with Crippen LogP contribution in [0, 0.1) is 22.7 Å². The first-order valence-electron chi connectivity index (χ1n) is 14.7. The maximum Gasteiger partial charge on any atom is 0.305 e. The number of esters is 1. The highest BCUT2D eigenvalue weighted by atomic mass is 16.5. The van der Waals surface area contributed by atoms with Gasteiger partial charge in [-0.1, -0.05) is 58.0 Å². The van der Waals surface area contributed by atoms with Gasteiger partial charge < -0.3 is 25.2 Å². The van der Waals surface area contributed by atoms with Gasteiger partial charge in [-0.15, -0.1) is 0 Å². The number of hydrogen-bond donors (Lipinski definition) is 4. The molecule has 0 spiro atoms. The first-order chi connectivity index (χ1) is 20.5. The molecular formula is C35H38O9. The van der Waals surface area contributed by atoms with Crippen LogP contribution < -0.4 is 0 Å². The number of phenols is 1. The number of aromatic hydroxyl groups is 1. The highest BCUT2D eigenvalue weighted by molar-refractivity contribution is 6.24. The molecule has 0 saturated heterocycles. The predicted octanol–water partition coefficient (Wildman–Crippen LogP) is 4.96. The number of aliphatic hydroxyl groups excluding tert-OH is 2. The van der Waals surface area contributed by atoms with Crippen LogP contribution in [0.3, 0.4) is 0 Å². The summed E-state index contributed by atoms with van der Waals surface area (Å²) in [6, 6.07) is 10.7. The maximum absolute atomic E-state index is 14.5. The van der Waals surface area contributed by atoms with Gasteiger partial charge >= 0.3 is 5.97 Å². The van der Waals surface area contributed by atoms with Crippen molar-refractivity contribution in [3.8, 4) is 16.9 Å². The van der Waals surface area contributed by atoms with E-state index in [0.717, 1.165) is 18.1 Å². The highest BCUT2D eigenvalue weighted by Gasteiger charge is 2.72. The van der Waals surface area contributed by atoms with E-state index in [1.165, 1.54) is 13.2 Å². The van der Waals surface area contributed by atoms with E-state index in [1.54, 1.807) is 33.8 Å². The number of hydrogen-bond acceptors (Lipinski definition) is 9. The molecule has 5 rings (SSSR count). The summed E-state index contributed by atoms with van der Waals surface area (Å²) in [7, 11) is 1.33. The molecule has 1 fully saturated rings. The number of ketones is 3. The molecule has 1 unspecified atom stereocenters. The van der Waals surface area contributed by atoms with Crippen molar-refractivity contribution in [2.24, 2.45) is 22.7 Å². The molecule has 4 atom stereocenters. The zero-order valence-corrected chi connectivity index (χ0v) is 25.8. The van der Waals surface area contributed by atoms with E-state index < -0.39 is 62.7 Å². The SMILES string of the molecule is COC(=O)CCc1cccc(-c2ccc(O)c3c2C[C@]2(C)C[C@]4(C)C(C(C)C)C(=O)C(C(C)=O)=C(O)[C@]4(O)C(=O)C2=C3O)c1. The third kappa shape index (κ3) is 4.24. The number of carbonyl (C=O) groups excluding carboxylic acids is 4. The van der Waals surface area contributed by atoms with Gasteiger partial charge in [-0.3, -0.25) is 19.2 Å². The average molecular weight is 603 g/mol. The summed E-state index contributed by atoms with van der Waals surface area (Å²) < 4.78 is 4.76. The van der Waals surface area contributed by atoms with Gasteiger partial charge in [0.1, 0.15) is 22.8 Å². The monoisotopic (exact) mass is 602 g/mol. The summed E-state index contributed by atoms with van der Waals surface area (Å²) >= 11 is 0. The molecule has 9 nitrogen and oxygen atoms in total. The van der Waals surface area contributed by atoms with Gasteiger partial charge in [-0.25, -0.2) is 0 Å². The number of Topliss-reactive ketones (excluding diaryl/α,β-unsaturated/α-hetero) is 3. The third-order valence-electron chi connectivity index (χ3n) is 9.97. The van der Waals surface area contributed by atoms with Crippen LogP contribution in [0.1, 0.15) is 64.2 Å². The first kappa shape index (κ1) is 31.2. The van der Waals surface area contributed by atoms with Crippen LogP contribution in [-0.2, 0) is 36.8 Å². The van der Waals surface area contributed by atoms with Gasteiger partial charge in [0.2, 0.25) is 5.78 Å². The number of rotatable bonds is 6. The van der Waals surface area contributed by atoms with Crippen molar-refractivity contribution in [1.29, 1.82) is 0 Å².